The Morgan fingerprint density at radius 1 is 0.964 bits per heavy atom. The molecular formula is C11H16N4O13. The van der Waals surface area contributed by atoms with Crippen molar-refractivity contribution in [3.63, 3.8) is 0 Å². The lowest BCUT2D eigenvalue weighted by atomic mass is 9.82. The molecule has 0 aliphatic carbocycles. The zero-order valence-corrected chi connectivity index (χ0v) is 13.5. The second-order valence-corrected chi connectivity index (χ2v) is 6.09. The number of fused-ring (bicyclic) bond motifs is 1. The van der Waals surface area contributed by atoms with E-state index in [1.54, 1.807) is 0 Å². The standard InChI is InChI=1S/C11H16N4O13/c12-9(13)7(20,21)6(19)8(22,10(14,23)28-11(6,24)27-9)25-5(18)26-15-3(16)1-2-4(15)17/h1-2,16-17,19-24H,12-14H2. The summed E-state index contributed by atoms with van der Waals surface area (Å²) in [5.41, 5.74) is 11.4. The van der Waals surface area contributed by atoms with E-state index >= 15 is 0 Å². The molecular weight excluding hydrogens is 396 g/mol. The molecule has 0 bridgehead atoms. The molecule has 28 heavy (non-hydrogen) atoms. The minimum absolute atomic E-state index is 0.0414. The first-order valence-corrected chi connectivity index (χ1v) is 7.08. The Bertz CT molecular complexity index is 819. The van der Waals surface area contributed by atoms with Crippen LogP contribution in [0.4, 0.5) is 4.79 Å². The first kappa shape index (κ1) is 20.4. The number of aromatic nitrogens is 1. The summed E-state index contributed by atoms with van der Waals surface area (Å²) in [7, 11) is 0. The average Bonchev–Trinajstić information content (AvgIpc) is 2.91. The number of carbonyl (C=O) groups excluding carboxylic acids is 1. The predicted octanol–water partition coefficient (Wildman–Crippen LogP) is -6.55. The van der Waals surface area contributed by atoms with Gasteiger partial charge in [-0.3, -0.25) is 31.5 Å². The molecule has 2 fully saturated rings. The Kier molecular flexibility index (Phi) is 3.79. The highest BCUT2D eigenvalue weighted by molar-refractivity contribution is 5.62. The normalized spacial score (nSPS) is 40.9. The van der Waals surface area contributed by atoms with Crippen molar-refractivity contribution in [1.82, 2.24) is 4.73 Å². The molecule has 1 aromatic rings. The number of carbonyl (C=O) groups is 1. The summed E-state index contributed by atoms with van der Waals surface area (Å²) in [6.07, 6.45) is -2.14. The number of hydrogen-bond donors (Lipinski definition) is 11. The highest BCUT2D eigenvalue weighted by atomic mass is 16.9. The van der Waals surface area contributed by atoms with Crippen LogP contribution in [0.15, 0.2) is 12.1 Å². The number of nitrogens with zero attached hydrogens (tertiary/aromatic N) is 1. The molecule has 2 saturated heterocycles. The Hall–Kier alpha value is -2.29. The molecule has 17 nitrogen and oxygen atoms in total. The summed E-state index contributed by atoms with van der Waals surface area (Å²) < 4.78 is 12.9. The van der Waals surface area contributed by atoms with Crippen molar-refractivity contribution in [2.75, 3.05) is 0 Å². The molecule has 0 amide bonds. The quantitative estimate of drug-likeness (QED) is 0.159. The van der Waals surface area contributed by atoms with Crippen LogP contribution >= 0.6 is 0 Å². The number of rotatable bonds is 2. The van der Waals surface area contributed by atoms with E-state index in [0.717, 1.165) is 12.1 Å². The fraction of sp³-hybridized carbons (Fsp3) is 0.545. The Morgan fingerprint density at radius 3 is 1.96 bits per heavy atom. The SMILES string of the molecule is NC1(N)OC2(O)OC(N)(O)C(O)(OC(=O)On3c(O)ccc3O)C2(O)C1(O)O. The van der Waals surface area contributed by atoms with E-state index in [0.29, 0.717) is 0 Å². The van der Waals surface area contributed by atoms with Gasteiger partial charge in [-0.15, -0.1) is 4.73 Å². The molecule has 158 valence electrons. The van der Waals surface area contributed by atoms with E-state index in [1.165, 1.54) is 0 Å². The van der Waals surface area contributed by atoms with Crippen LogP contribution in [0.1, 0.15) is 0 Å². The summed E-state index contributed by atoms with van der Waals surface area (Å²) in [5, 5.41) is 80.3. The fourth-order valence-corrected chi connectivity index (χ4v) is 2.82. The largest absolute Gasteiger partial charge is 0.536 e. The van der Waals surface area contributed by atoms with Crippen LogP contribution in [-0.2, 0) is 14.2 Å². The number of nitrogens with two attached hydrogens (primary N) is 3. The lowest BCUT2D eigenvalue weighted by Crippen LogP contribution is -2.81. The maximum Gasteiger partial charge on any atom is 0.536 e. The summed E-state index contributed by atoms with van der Waals surface area (Å²) in [4.78, 5) is 16.2. The first-order valence-electron chi connectivity index (χ1n) is 7.08. The van der Waals surface area contributed by atoms with Crippen LogP contribution in [0.25, 0.3) is 0 Å². The maximum atomic E-state index is 11.9. The highest BCUT2D eigenvalue weighted by Gasteiger charge is 2.96. The monoisotopic (exact) mass is 412 g/mol. The van der Waals surface area contributed by atoms with Crippen LogP contribution in [0.5, 0.6) is 11.8 Å². The Morgan fingerprint density at radius 2 is 1.46 bits per heavy atom. The van der Waals surface area contributed by atoms with Crippen molar-refractivity contribution in [3.8, 4) is 11.8 Å². The fourth-order valence-electron chi connectivity index (χ4n) is 2.82. The van der Waals surface area contributed by atoms with Crippen molar-refractivity contribution in [3.05, 3.63) is 12.1 Å². The molecule has 14 N–H and O–H groups in total. The van der Waals surface area contributed by atoms with Crippen LogP contribution in [0.3, 0.4) is 0 Å². The average molecular weight is 412 g/mol. The minimum Gasteiger partial charge on any atom is -0.492 e. The van der Waals surface area contributed by atoms with Gasteiger partial charge in [0.05, 0.1) is 0 Å². The molecule has 17 heteroatoms. The van der Waals surface area contributed by atoms with E-state index in [1.807, 2.05) is 0 Å². The van der Waals surface area contributed by atoms with Gasteiger partial charge in [0.2, 0.25) is 17.6 Å². The summed E-state index contributed by atoms with van der Waals surface area (Å²) >= 11 is 0. The van der Waals surface area contributed by atoms with Crippen LogP contribution in [0, 0.1) is 0 Å². The molecule has 4 atom stereocenters. The lowest BCUT2D eigenvalue weighted by molar-refractivity contribution is -0.425. The molecule has 1 aromatic heterocycles. The van der Waals surface area contributed by atoms with Gasteiger partial charge in [-0.2, -0.15) is 0 Å². The Labute approximate surface area is 152 Å². The van der Waals surface area contributed by atoms with Gasteiger partial charge in [0.25, 0.3) is 17.3 Å². The van der Waals surface area contributed by atoms with E-state index in [9.17, 15) is 45.6 Å². The molecule has 0 aromatic carbocycles. The second kappa shape index (κ2) is 5.20. The highest BCUT2D eigenvalue weighted by Crippen LogP contribution is 2.60. The van der Waals surface area contributed by atoms with E-state index in [-0.39, 0.29) is 4.73 Å². The number of hydrogen-bond acceptors (Lipinski definition) is 16. The van der Waals surface area contributed by atoms with Crippen LogP contribution in [-0.4, -0.2) is 86.6 Å². The Balaban J connectivity index is 2.04. The number of aromatic hydroxyl groups is 2. The van der Waals surface area contributed by atoms with Gasteiger partial charge in [0.15, 0.2) is 0 Å². The lowest BCUT2D eigenvalue weighted by Gasteiger charge is -2.43. The summed E-state index contributed by atoms with van der Waals surface area (Å²) in [6.45, 7) is 0. The van der Waals surface area contributed by atoms with Crippen molar-refractivity contribution in [1.29, 1.82) is 0 Å². The van der Waals surface area contributed by atoms with Crippen LogP contribution in [0.2, 0.25) is 0 Å². The van der Waals surface area contributed by atoms with E-state index in [2.05, 4.69) is 19.0 Å². The summed E-state index contributed by atoms with van der Waals surface area (Å²) in [6, 6.07) is 1.71. The second-order valence-electron chi connectivity index (χ2n) is 6.09. The molecule has 2 aliphatic heterocycles. The number of aliphatic hydroxyl groups is 6. The van der Waals surface area contributed by atoms with Crippen molar-refractivity contribution in [2.24, 2.45) is 17.2 Å². The molecule has 3 rings (SSSR count). The molecule has 2 aliphatic rings. The van der Waals surface area contributed by atoms with Gasteiger partial charge < -0.3 is 45.6 Å². The summed E-state index contributed by atoms with van der Waals surface area (Å²) in [5.74, 6) is -20.9. The molecule has 0 saturated carbocycles. The first-order chi connectivity index (χ1) is 12.5. The van der Waals surface area contributed by atoms with Crippen molar-refractivity contribution < 1.29 is 64.7 Å². The molecule has 3 heterocycles. The van der Waals surface area contributed by atoms with E-state index < -0.39 is 52.8 Å². The van der Waals surface area contributed by atoms with E-state index in [4.69, 9.17) is 17.2 Å². The molecule has 0 spiro atoms. The third-order valence-electron chi connectivity index (χ3n) is 4.28. The van der Waals surface area contributed by atoms with Gasteiger partial charge in [0, 0.05) is 12.1 Å². The van der Waals surface area contributed by atoms with Gasteiger partial charge in [0.1, 0.15) is 0 Å². The van der Waals surface area contributed by atoms with Crippen molar-refractivity contribution in [2.45, 2.75) is 34.9 Å². The molecule has 0 radical (unpaired) electrons. The van der Waals surface area contributed by atoms with Gasteiger partial charge in [-0.05, 0) is 0 Å². The number of ether oxygens (including phenoxy) is 3. The van der Waals surface area contributed by atoms with Gasteiger partial charge in [-0.1, -0.05) is 0 Å². The van der Waals surface area contributed by atoms with Crippen molar-refractivity contribution >= 4 is 6.16 Å². The zero-order valence-electron chi connectivity index (χ0n) is 13.5. The minimum atomic E-state index is -4.19. The third kappa shape index (κ3) is 2.08. The maximum absolute atomic E-state index is 11.9. The topological polar surface area (TPSA) is 299 Å². The van der Waals surface area contributed by atoms with Gasteiger partial charge >= 0.3 is 17.9 Å². The smallest absolute Gasteiger partial charge is 0.492 e. The third-order valence-corrected chi connectivity index (χ3v) is 4.28. The van der Waals surface area contributed by atoms with Crippen LogP contribution < -0.4 is 22.0 Å². The molecule has 4 unspecified atom stereocenters. The zero-order chi connectivity index (χ0) is 21.6. The predicted molar refractivity (Wildman–Crippen MR) is 75.3 cm³/mol. The van der Waals surface area contributed by atoms with Gasteiger partial charge in [-0.25, -0.2) is 4.79 Å².